The van der Waals surface area contributed by atoms with E-state index in [1.54, 1.807) is 6.33 Å². The average molecular weight is 866 g/mol. The molecule has 0 saturated heterocycles. The number of ketones is 1. The molecule has 4 nitrogen and oxygen atoms in total. The summed E-state index contributed by atoms with van der Waals surface area (Å²) in [6.45, 7) is 21.3. The second-order valence-electron chi connectivity index (χ2n) is 15.2. The molecule has 267 valence electrons. The molecule has 0 unspecified atom stereocenters. The van der Waals surface area contributed by atoms with Gasteiger partial charge in [0.05, 0.1) is 5.52 Å². The van der Waals surface area contributed by atoms with Crippen molar-refractivity contribution in [3.05, 3.63) is 95.5 Å². The van der Waals surface area contributed by atoms with Crippen LogP contribution in [0.4, 0.5) is 0 Å². The van der Waals surface area contributed by atoms with Gasteiger partial charge in [-0.3, -0.25) is 9.78 Å². The SMILES string of the molecule is CC(C)Cc1ccc2c(-c3[c-]ccc4c3C(C)(C)c3c-4sc4ccccc34)ncnc2c1.CCC(C)(CC)C(=O)/C=C(\O)C(C)(CC)CC.[Ir]. The molecule has 0 spiro atoms. The summed E-state index contributed by atoms with van der Waals surface area (Å²) in [5.74, 6) is 0.905. The first-order chi connectivity index (χ1) is 23.2. The van der Waals surface area contributed by atoms with E-state index in [1.165, 1.54) is 43.3 Å². The van der Waals surface area contributed by atoms with Crippen molar-refractivity contribution in [2.45, 2.75) is 107 Å². The number of aliphatic hydroxyl groups excluding tert-OH is 1. The summed E-state index contributed by atoms with van der Waals surface area (Å²) in [5.41, 5.74) is 7.79. The molecule has 50 heavy (non-hydrogen) atoms. The number of benzene rings is 3. The molecule has 1 N–H and O–H groups in total. The normalized spacial score (nSPS) is 13.9. The molecule has 0 bridgehead atoms. The van der Waals surface area contributed by atoms with Crippen molar-refractivity contribution >= 4 is 38.1 Å². The maximum atomic E-state index is 12.2. The second kappa shape index (κ2) is 15.6. The number of aromatic nitrogens is 2. The third-order valence-corrected chi connectivity index (χ3v) is 12.5. The third kappa shape index (κ3) is 7.27. The minimum atomic E-state index is -0.337. The first-order valence-corrected chi connectivity index (χ1v) is 18.8. The number of hydrogen-bond donors (Lipinski definition) is 1. The maximum absolute atomic E-state index is 12.2. The van der Waals surface area contributed by atoms with Gasteiger partial charge in [0.2, 0.25) is 0 Å². The fraction of sp³-hybridized carbons (Fsp3) is 0.432. The molecule has 2 aromatic heterocycles. The molecule has 0 atom stereocenters. The van der Waals surface area contributed by atoms with Gasteiger partial charge in [-0.1, -0.05) is 105 Å². The molecule has 5 aromatic rings. The number of rotatable bonds is 10. The Bertz CT molecular complexity index is 2010. The summed E-state index contributed by atoms with van der Waals surface area (Å²) in [6.07, 6.45) is 7.52. The molecule has 1 aliphatic rings. The monoisotopic (exact) mass is 866 g/mol. The van der Waals surface area contributed by atoms with Crippen LogP contribution < -0.4 is 0 Å². The van der Waals surface area contributed by atoms with Crippen molar-refractivity contribution in [2.75, 3.05) is 0 Å². The second-order valence-corrected chi connectivity index (χ2v) is 16.2. The van der Waals surface area contributed by atoms with Gasteiger partial charge in [0, 0.05) is 46.6 Å². The van der Waals surface area contributed by atoms with Crippen molar-refractivity contribution < 1.29 is 30.0 Å². The van der Waals surface area contributed by atoms with Crippen LogP contribution in [0.2, 0.25) is 0 Å². The maximum Gasteiger partial charge on any atom is 0.164 e. The van der Waals surface area contributed by atoms with E-state index in [4.69, 9.17) is 4.98 Å². The van der Waals surface area contributed by atoms with Gasteiger partial charge in [0.1, 0.15) is 12.1 Å². The molecular formula is C44H53IrN2O2S-. The Morgan fingerprint density at radius 3 is 2.22 bits per heavy atom. The van der Waals surface area contributed by atoms with E-state index < -0.39 is 0 Å². The van der Waals surface area contributed by atoms with Crippen molar-refractivity contribution in [1.29, 1.82) is 0 Å². The fourth-order valence-electron chi connectivity index (χ4n) is 7.09. The Morgan fingerprint density at radius 1 is 0.920 bits per heavy atom. The zero-order valence-corrected chi connectivity index (χ0v) is 34.7. The molecule has 6 rings (SSSR count). The minimum Gasteiger partial charge on any atom is -0.512 e. The molecular weight excluding hydrogens is 813 g/mol. The number of carbonyl (C=O) groups excluding carboxylic acids is 1. The van der Waals surface area contributed by atoms with Crippen LogP contribution in [0, 0.1) is 22.8 Å². The number of aliphatic hydroxyl groups is 1. The van der Waals surface area contributed by atoms with E-state index in [-0.39, 0.29) is 47.9 Å². The molecule has 1 aliphatic carbocycles. The number of hydrogen-bond acceptors (Lipinski definition) is 5. The van der Waals surface area contributed by atoms with E-state index in [0.717, 1.165) is 54.3 Å². The molecule has 2 heterocycles. The van der Waals surface area contributed by atoms with Crippen molar-refractivity contribution in [1.82, 2.24) is 9.97 Å². The Morgan fingerprint density at radius 2 is 1.58 bits per heavy atom. The standard InChI is InChI=1S/C29H25N2S.C15H28O2.Ir/c1-17(2)14-18-12-13-19-23(15-18)30-16-31-27(19)21-9-7-10-22-25(21)29(3,4)26-20-8-5-6-11-24(20)32-28(22)26;1-7-14(5,8-2)12(16)11-13(17)15(6,9-3)10-4;/h5-8,10-13,15-17H,14H2,1-4H3;11,16H,7-10H2,1-6H3;/q-1;;/b;12-11-;. The van der Waals surface area contributed by atoms with E-state index in [1.807, 2.05) is 52.9 Å². The van der Waals surface area contributed by atoms with Gasteiger partial charge in [-0.25, -0.2) is 4.98 Å². The summed E-state index contributed by atoms with van der Waals surface area (Å²) in [6, 6.07) is 23.3. The van der Waals surface area contributed by atoms with Crippen molar-refractivity contribution in [2.24, 2.45) is 16.7 Å². The molecule has 0 amide bonds. The number of carbonyl (C=O) groups is 1. The smallest absolute Gasteiger partial charge is 0.164 e. The molecule has 3 aromatic carbocycles. The van der Waals surface area contributed by atoms with E-state index in [2.05, 4.69) is 93.3 Å². The van der Waals surface area contributed by atoms with Crippen LogP contribution in [0.5, 0.6) is 0 Å². The number of nitrogens with zero attached hydrogens (tertiary/aromatic N) is 2. The van der Waals surface area contributed by atoms with Crippen LogP contribution in [0.25, 0.3) is 42.7 Å². The topological polar surface area (TPSA) is 63.1 Å². The van der Waals surface area contributed by atoms with Gasteiger partial charge in [-0.05, 0) is 83.2 Å². The van der Waals surface area contributed by atoms with Crippen LogP contribution in [0.15, 0.2) is 72.8 Å². The Kier molecular flexibility index (Phi) is 12.4. The van der Waals surface area contributed by atoms with Crippen LogP contribution in [0.1, 0.15) is 112 Å². The van der Waals surface area contributed by atoms with Crippen LogP contribution >= 0.6 is 11.3 Å². The van der Waals surface area contributed by atoms with Gasteiger partial charge >= 0.3 is 0 Å². The Labute approximate surface area is 317 Å². The van der Waals surface area contributed by atoms with Crippen LogP contribution in [-0.4, -0.2) is 20.9 Å². The van der Waals surface area contributed by atoms with Gasteiger partial charge in [-0.15, -0.1) is 40.7 Å². The minimum absolute atomic E-state index is 0. The first kappa shape index (κ1) is 39.6. The molecule has 0 fully saturated rings. The van der Waals surface area contributed by atoms with Crippen LogP contribution in [-0.2, 0) is 36.7 Å². The largest absolute Gasteiger partial charge is 0.512 e. The summed E-state index contributed by atoms with van der Waals surface area (Å²) in [5, 5.41) is 12.6. The number of allylic oxidation sites excluding steroid dienone is 2. The first-order valence-electron chi connectivity index (χ1n) is 18.0. The summed E-state index contributed by atoms with van der Waals surface area (Å²) in [7, 11) is 0. The van der Waals surface area contributed by atoms with Crippen molar-refractivity contribution in [3.8, 4) is 21.7 Å². The summed E-state index contributed by atoms with van der Waals surface area (Å²) in [4.78, 5) is 23.0. The van der Waals surface area contributed by atoms with Gasteiger partial charge in [-0.2, -0.15) is 0 Å². The number of thiophene rings is 1. The van der Waals surface area contributed by atoms with Crippen molar-refractivity contribution in [3.63, 3.8) is 0 Å². The molecule has 6 heteroatoms. The van der Waals surface area contributed by atoms with E-state index in [0.29, 0.717) is 5.92 Å². The Hall–Kier alpha value is -3.18. The predicted molar refractivity (Wildman–Crippen MR) is 208 cm³/mol. The van der Waals surface area contributed by atoms with Gasteiger partial charge in [0.25, 0.3) is 0 Å². The zero-order valence-electron chi connectivity index (χ0n) is 31.5. The van der Waals surface area contributed by atoms with Crippen LogP contribution in [0.3, 0.4) is 0 Å². The van der Waals surface area contributed by atoms with E-state index in [9.17, 15) is 9.90 Å². The molecule has 0 saturated carbocycles. The quantitative estimate of drug-likeness (QED) is 0.0863. The molecule has 1 radical (unpaired) electrons. The summed E-state index contributed by atoms with van der Waals surface area (Å²) < 4.78 is 1.36. The Balaban J connectivity index is 0.000000269. The number of fused-ring (bicyclic) bond motifs is 6. The molecule has 0 aliphatic heterocycles. The van der Waals surface area contributed by atoms with E-state index >= 15 is 0 Å². The van der Waals surface area contributed by atoms with Gasteiger partial charge in [0.15, 0.2) is 5.78 Å². The fourth-order valence-corrected chi connectivity index (χ4v) is 8.48. The average Bonchev–Trinajstić information content (AvgIpc) is 3.60. The third-order valence-electron chi connectivity index (χ3n) is 11.3. The summed E-state index contributed by atoms with van der Waals surface area (Å²) >= 11 is 1.90. The zero-order chi connectivity index (χ0) is 35.7. The predicted octanol–water partition coefficient (Wildman–Crippen LogP) is 12.5. The van der Waals surface area contributed by atoms with Gasteiger partial charge < -0.3 is 5.11 Å².